The molecule has 2 rings (SSSR count). The molecule has 0 amide bonds. The number of nitrogens with two attached hydrogens (primary N) is 1. The van der Waals surface area contributed by atoms with Gasteiger partial charge in [0.2, 0.25) is 5.88 Å². The number of aromatic nitrogens is 2. The van der Waals surface area contributed by atoms with Crippen LogP contribution in [0.4, 0.5) is 5.82 Å². The largest absolute Gasteiger partial charge is 0.497 e. The number of rotatable bonds is 6. The molecule has 0 aliphatic carbocycles. The first kappa shape index (κ1) is 14.1. The van der Waals surface area contributed by atoms with E-state index in [0.717, 1.165) is 11.3 Å². The van der Waals surface area contributed by atoms with E-state index in [4.69, 9.17) is 19.9 Å². The molecule has 0 spiro atoms. The average molecular weight is 275 g/mol. The smallest absolute Gasteiger partial charge is 0.219 e. The highest BCUT2D eigenvalue weighted by Gasteiger charge is 2.04. The van der Waals surface area contributed by atoms with Gasteiger partial charge in [-0.2, -0.15) is 4.98 Å². The van der Waals surface area contributed by atoms with Gasteiger partial charge >= 0.3 is 0 Å². The van der Waals surface area contributed by atoms with E-state index >= 15 is 0 Å². The lowest BCUT2D eigenvalue weighted by molar-refractivity contribution is 0.176. The van der Waals surface area contributed by atoms with Crippen LogP contribution in [-0.4, -0.2) is 24.2 Å². The van der Waals surface area contributed by atoms with Crippen LogP contribution >= 0.6 is 0 Å². The van der Waals surface area contributed by atoms with Gasteiger partial charge in [0.15, 0.2) is 5.82 Å². The van der Waals surface area contributed by atoms with Crippen LogP contribution in [0.3, 0.4) is 0 Å². The van der Waals surface area contributed by atoms with E-state index in [0.29, 0.717) is 30.7 Å². The molecule has 106 valence electrons. The zero-order valence-corrected chi connectivity index (χ0v) is 11.5. The van der Waals surface area contributed by atoms with Crippen LogP contribution in [0.5, 0.6) is 11.6 Å². The van der Waals surface area contributed by atoms with Crippen molar-refractivity contribution in [3.8, 4) is 11.6 Å². The minimum Gasteiger partial charge on any atom is -0.497 e. The quantitative estimate of drug-likeness (QED) is 0.865. The summed E-state index contributed by atoms with van der Waals surface area (Å²) in [5.74, 6) is 2.09. The molecule has 0 radical (unpaired) electrons. The van der Waals surface area contributed by atoms with Gasteiger partial charge in [-0.25, -0.2) is 4.98 Å². The van der Waals surface area contributed by atoms with Crippen LogP contribution in [0.15, 0.2) is 30.3 Å². The molecule has 0 saturated heterocycles. The van der Waals surface area contributed by atoms with E-state index in [2.05, 4.69) is 9.97 Å². The van der Waals surface area contributed by atoms with Crippen LogP contribution < -0.4 is 15.2 Å². The Balaban J connectivity index is 2.02. The molecule has 0 aliphatic heterocycles. The Morgan fingerprint density at radius 1 is 1.05 bits per heavy atom. The van der Waals surface area contributed by atoms with Crippen molar-refractivity contribution in [2.75, 3.05) is 20.0 Å². The molecule has 0 saturated carbocycles. The summed E-state index contributed by atoms with van der Waals surface area (Å²) in [5, 5.41) is 0. The summed E-state index contributed by atoms with van der Waals surface area (Å²) >= 11 is 0. The standard InChI is InChI=1S/C14H17N3O3/c1-18-9-13-16-12(15)7-14(17-13)20-8-10-3-5-11(19-2)6-4-10/h3-7H,8-9H2,1-2H3,(H2,15,16,17). The summed E-state index contributed by atoms with van der Waals surface area (Å²) in [6.45, 7) is 0.691. The fraction of sp³-hybridized carbons (Fsp3) is 0.286. The van der Waals surface area contributed by atoms with Gasteiger partial charge in [0.05, 0.1) is 7.11 Å². The van der Waals surface area contributed by atoms with Gasteiger partial charge in [-0.1, -0.05) is 12.1 Å². The Morgan fingerprint density at radius 3 is 2.45 bits per heavy atom. The summed E-state index contributed by atoms with van der Waals surface area (Å²) in [6, 6.07) is 9.20. The third-order valence-corrected chi connectivity index (χ3v) is 2.59. The molecule has 1 aromatic carbocycles. The molecule has 6 nitrogen and oxygen atoms in total. The maximum absolute atomic E-state index is 5.69. The zero-order chi connectivity index (χ0) is 14.4. The van der Waals surface area contributed by atoms with Crippen molar-refractivity contribution in [3.63, 3.8) is 0 Å². The summed E-state index contributed by atoms with van der Waals surface area (Å²) in [7, 11) is 3.21. The molecule has 0 bridgehead atoms. The van der Waals surface area contributed by atoms with Crippen LogP contribution in [0, 0.1) is 0 Å². The van der Waals surface area contributed by atoms with Gasteiger partial charge in [0.1, 0.15) is 24.8 Å². The summed E-state index contributed by atoms with van der Waals surface area (Å²) in [5.41, 5.74) is 6.70. The maximum atomic E-state index is 5.69. The predicted molar refractivity (Wildman–Crippen MR) is 74.5 cm³/mol. The molecule has 0 aliphatic rings. The van der Waals surface area contributed by atoms with Crippen molar-refractivity contribution in [1.29, 1.82) is 0 Å². The Kier molecular flexibility index (Phi) is 4.73. The van der Waals surface area contributed by atoms with Crippen molar-refractivity contribution >= 4 is 5.82 Å². The van der Waals surface area contributed by atoms with E-state index in [-0.39, 0.29) is 0 Å². The second-order valence-corrected chi connectivity index (χ2v) is 4.12. The second-order valence-electron chi connectivity index (χ2n) is 4.12. The van der Waals surface area contributed by atoms with E-state index in [1.807, 2.05) is 24.3 Å². The first-order valence-corrected chi connectivity index (χ1v) is 6.09. The molecular weight excluding hydrogens is 258 g/mol. The molecular formula is C14H17N3O3. The fourth-order valence-corrected chi connectivity index (χ4v) is 1.64. The minimum absolute atomic E-state index is 0.296. The highest BCUT2D eigenvalue weighted by Crippen LogP contribution is 2.15. The molecule has 2 N–H and O–H groups in total. The highest BCUT2D eigenvalue weighted by atomic mass is 16.5. The third-order valence-electron chi connectivity index (χ3n) is 2.59. The monoisotopic (exact) mass is 275 g/mol. The Morgan fingerprint density at radius 2 is 1.80 bits per heavy atom. The van der Waals surface area contributed by atoms with Gasteiger partial charge < -0.3 is 19.9 Å². The van der Waals surface area contributed by atoms with Gasteiger partial charge in [-0.3, -0.25) is 0 Å². The van der Waals surface area contributed by atoms with E-state index in [1.54, 1.807) is 20.3 Å². The van der Waals surface area contributed by atoms with Crippen molar-refractivity contribution in [3.05, 3.63) is 41.7 Å². The first-order chi connectivity index (χ1) is 9.71. The molecule has 0 fully saturated rings. The topological polar surface area (TPSA) is 79.5 Å². The highest BCUT2D eigenvalue weighted by molar-refractivity contribution is 5.33. The van der Waals surface area contributed by atoms with Crippen LogP contribution in [-0.2, 0) is 18.0 Å². The molecule has 1 heterocycles. The average Bonchev–Trinajstić information content (AvgIpc) is 2.45. The lowest BCUT2D eigenvalue weighted by atomic mass is 10.2. The number of methoxy groups -OCH3 is 2. The van der Waals surface area contributed by atoms with Crippen molar-refractivity contribution in [2.45, 2.75) is 13.2 Å². The van der Waals surface area contributed by atoms with Crippen molar-refractivity contribution in [1.82, 2.24) is 9.97 Å². The van der Waals surface area contributed by atoms with E-state index in [9.17, 15) is 0 Å². The van der Waals surface area contributed by atoms with Gasteiger partial charge in [0, 0.05) is 13.2 Å². The molecule has 0 unspecified atom stereocenters. The maximum Gasteiger partial charge on any atom is 0.219 e. The first-order valence-electron chi connectivity index (χ1n) is 6.09. The number of hydrogen-bond donors (Lipinski definition) is 1. The molecule has 1 aromatic heterocycles. The zero-order valence-electron chi connectivity index (χ0n) is 11.5. The molecule has 6 heteroatoms. The molecule has 20 heavy (non-hydrogen) atoms. The fourth-order valence-electron chi connectivity index (χ4n) is 1.64. The van der Waals surface area contributed by atoms with Crippen LogP contribution in [0.1, 0.15) is 11.4 Å². The SMILES string of the molecule is COCc1nc(N)cc(OCc2ccc(OC)cc2)n1. The summed E-state index contributed by atoms with van der Waals surface area (Å²) < 4.78 is 15.7. The van der Waals surface area contributed by atoms with Crippen LogP contribution in [0.25, 0.3) is 0 Å². The van der Waals surface area contributed by atoms with Gasteiger partial charge in [-0.15, -0.1) is 0 Å². The van der Waals surface area contributed by atoms with Crippen molar-refractivity contribution in [2.24, 2.45) is 0 Å². The molecule has 2 aromatic rings. The summed E-state index contributed by atoms with van der Waals surface area (Å²) in [6.07, 6.45) is 0. The molecule has 0 atom stereocenters. The van der Waals surface area contributed by atoms with Crippen molar-refractivity contribution < 1.29 is 14.2 Å². The number of nitrogen functional groups attached to an aromatic ring is 1. The Hall–Kier alpha value is -2.34. The lowest BCUT2D eigenvalue weighted by Gasteiger charge is -2.08. The van der Waals surface area contributed by atoms with E-state index in [1.165, 1.54) is 0 Å². The Labute approximate surface area is 117 Å². The third kappa shape index (κ3) is 3.83. The van der Waals surface area contributed by atoms with Gasteiger partial charge in [-0.05, 0) is 17.7 Å². The predicted octanol–water partition coefficient (Wildman–Crippen LogP) is 1.79. The van der Waals surface area contributed by atoms with E-state index < -0.39 is 0 Å². The van der Waals surface area contributed by atoms with Crippen LogP contribution in [0.2, 0.25) is 0 Å². The normalized spacial score (nSPS) is 10.3. The number of anilines is 1. The second kappa shape index (κ2) is 6.72. The number of hydrogen-bond acceptors (Lipinski definition) is 6. The number of ether oxygens (including phenoxy) is 3. The minimum atomic E-state index is 0.296. The number of nitrogens with zero attached hydrogens (tertiary/aromatic N) is 2. The van der Waals surface area contributed by atoms with Gasteiger partial charge in [0.25, 0.3) is 0 Å². The Bertz CT molecular complexity index is 558. The summed E-state index contributed by atoms with van der Waals surface area (Å²) in [4.78, 5) is 8.26. The number of benzene rings is 1. The lowest BCUT2D eigenvalue weighted by Crippen LogP contribution is -2.04.